The van der Waals surface area contributed by atoms with Gasteiger partial charge in [0.25, 0.3) is 0 Å². The highest BCUT2D eigenvalue weighted by Gasteiger charge is 2.33. The van der Waals surface area contributed by atoms with Gasteiger partial charge in [0.05, 0.1) is 5.60 Å². The van der Waals surface area contributed by atoms with Gasteiger partial charge >= 0.3 is 0 Å². The highest BCUT2D eigenvalue weighted by Crippen LogP contribution is 2.37. The molecular weight excluding hydrogens is 418 g/mol. The first-order valence-corrected chi connectivity index (χ1v) is 11.7. The molecular formula is C28H28ClNO2. The lowest BCUT2D eigenvalue weighted by Crippen LogP contribution is -2.42. The third kappa shape index (κ3) is 4.33. The Labute approximate surface area is 194 Å². The number of likely N-dealkylation sites (tertiary alicyclic amines) is 1. The molecule has 3 aromatic carbocycles. The summed E-state index contributed by atoms with van der Waals surface area (Å²) in [4.78, 5) is 2.45. The predicted molar refractivity (Wildman–Crippen MR) is 130 cm³/mol. The molecule has 2 aliphatic heterocycles. The Morgan fingerprint density at radius 1 is 0.906 bits per heavy atom. The molecule has 0 radical (unpaired) electrons. The second-order valence-electron chi connectivity index (χ2n) is 8.73. The molecule has 3 aromatic rings. The summed E-state index contributed by atoms with van der Waals surface area (Å²) >= 11 is 6.01. The largest absolute Gasteiger partial charge is 0.488 e. The van der Waals surface area contributed by atoms with Crippen LogP contribution in [0.5, 0.6) is 5.75 Å². The lowest BCUT2D eigenvalue weighted by Gasteiger charge is -2.38. The average Bonchev–Trinajstić information content (AvgIpc) is 2.98. The zero-order valence-electron chi connectivity index (χ0n) is 18.1. The summed E-state index contributed by atoms with van der Waals surface area (Å²) in [6, 6.07) is 24.4. The van der Waals surface area contributed by atoms with Gasteiger partial charge in [-0.25, -0.2) is 0 Å². The summed E-state index contributed by atoms with van der Waals surface area (Å²) in [5.41, 5.74) is 5.11. The first-order valence-electron chi connectivity index (χ1n) is 11.3. The fourth-order valence-corrected chi connectivity index (χ4v) is 4.96. The van der Waals surface area contributed by atoms with Crippen molar-refractivity contribution < 1.29 is 9.84 Å². The number of nitrogens with zero attached hydrogens (tertiary/aromatic N) is 1. The van der Waals surface area contributed by atoms with Gasteiger partial charge in [-0.15, -0.1) is 0 Å². The molecule has 4 heteroatoms. The fourth-order valence-electron chi connectivity index (χ4n) is 4.83. The number of para-hydroxylation sites is 1. The van der Waals surface area contributed by atoms with Crippen molar-refractivity contribution in [2.24, 2.45) is 0 Å². The monoisotopic (exact) mass is 445 g/mol. The highest BCUT2D eigenvalue weighted by molar-refractivity contribution is 6.30. The summed E-state index contributed by atoms with van der Waals surface area (Å²) in [5, 5.41) is 11.8. The van der Waals surface area contributed by atoms with Gasteiger partial charge < -0.3 is 14.7 Å². The zero-order valence-corrected chi connectivity index (χ0v) is 18.9. The first-order chi connectivity index (χ1) is 15.6. The van der Waals surface area contributed by atoms with E-state index in [0.29, 0.717) is 11.6 Å². The summed E-state index contributed by atoms with van der Waals surface area (Å²) in [6.45, 7) is 3.35. The van der Waals surface area contributed by atoms with Crippen molar-refractivity contribution in [3.63, 3.8) is 0 Å². The number of halogens is 1. The standard InChI is InChI=1S/C28H28ClNO2/c29-23-13-11-22(12-14-23)28(31)15-18-30(19-16-28)17-5-9-25-24-7-2-1-6-21(24)20-32-27-10-4-3-8-26(25)27/h1-4,6-14,31H,5,15-20H2/b25-9+. The van der Waals surface area contributed by atoms with Gasteiger partial charge in [0.2, 0.25) is 0 Å². The molecule has 0 spiro atoms. The third-order valence-electron chi connectivity index (χ3n) is 6.73. The quantitative estimate of drug-likeness (QED) is 0.531. The smallest absolute Gasteiger partial charge is 0.127 e. The van der Waals surface area contributed by atoms with Crippen molar-refractivity contribution in [2.45, 2.75) is 31.5 Å². The molecule has 0 atom stereocenters. The Morgan fingerprint density at radius 3 is 2.38 bits per heavy atom. The van der Waals surface area contributed by atoms with Crippen molar-refractivity contribution in [3.05, 3.63) is 106 Å². The van der Waals surface area contributed by atoms with E-state index in [1.54, 1.807) is 0 Å². The van der Waals surface area contributed by atoms with E-state index >= 15 is 0 Å². The zero-order chi connectivity index (χ0) is 22.0. The number of aliphatic hydroxyl groups is 1. The van der Waals surface area contributed by atoms with Crippen LogP contribution in [-0.2, 0) is 12.2 Å². The van der Waals surface area contributed by atoms with E-state index in [9.17, 15) is 5.11 Å². The molecule has 164 valence electrons. The van der Waals surface area contributed by atoms with Gasteiger partial charge in [0.15, 0.2) is 0 Å². The van der Waals surface area contributed by atoms with Crippen molar-refractivity contribution in [1.29, 1.82) is 0 Å². The number of fused-ring (bicyclic) bond motifs is 2. The first kappa shape index (κ1) is 21.3. The average molecular weight is 446 g/mol. The van der Waals surface area contributed by atoms with Crippen LogP contribution in [-0.4, -0.2) is 29.6 Å². The molecule has 1 saturated heterocycles. The Kier molecular flexibility index (Phi) is 6.05. The van der Waals surface area contributed by atoms with Crippen molar-refractivity contribution in [1.82, 2.24) is 4.90 Å². The molecule has 0 saturated carbocycles. The molecule has 0 unspecified atom stereocenters. The highest BCUT2D eigenvalue weighted by atomic mass is 35.5. The van der Waals surface area contributed by atoms with Crippen LogP contribution in [0, 0.1) is 0 Å². The number of piperidine rings is 1. The lowest BCUT2D eigenvalue weighted by molar-refractivity contribution is -0.0254. The van der Waals surface area contributed by atoms with Gasteiger partial charge in [0, 0.05) is 30.2 Å². The van der Waals surface area contributed by atoms with E-state index in [4.69, 9.17) is 16.3 Å². The van der Waals surface area contributed by atoms with Crippen LogP contribution in [0.25, 0.3) is 5.57 Å². The number of hydrogen-bond donors (Lipinski definition) is 1. The van der Waals surface area contributed by atoms with Gasteiger partial charge in [0.1, 0.15) is 12.4 Å². The molecule has 32 heavy (non-hydrogen) atoms. The molecule has 2 heterocycles. The van der Waals surface area contributed by atoms with Crippen LogP contribution < -0.4 is 4.74 Å². The molecule has 0 amide bonds. The van der Waals surface area contributed by atoms with Crippen molar-refractivity contribution in [2.75, 3.05) is 19.6 Å². The molecule has 0 aliphatic carbocycles. The fraction of sp³-hybridized carbons (Fsp3) is 0.286. The third-order valence-corrected chi connectivity index (χ3v) is 6.98. The van der Waals surface area contributed by atoms with E-state index in [2.05, 4.69) is 53.4 Å². The Morgan fingerprint density at radius 2 is 1.59 bits per heavy atom. The van der Waals surface area contributed by atoms with Crippen LogP contribution in [0.15, 0.2) is 78.9 Å². The van der Waals surface area contributed by atoms with Gasteiger partial charge in [-0.2, -0.15) is 0 Å². The van der Waals surface area contributed by atoms with E-state index in [1.807, 2.05) is 30.3 Å². The topological polar surface area (TPSA) is 32.7 Å². The molecule has 1 fully saturated rings. The maximum Gasteiger partial charge on any atom is 0.127 e. The summed E-state index contributed by atoms with van der Waals surface area (Å²) < 4.78 is 6.09. The summed E-state index contributed by atoms with van der Waals surface area (Å²) in [5.74, 6) is 0.945. The SMILES string of the molecule is OC1(c2ccc(Cl)cc2)CCN(CC/C=C2\c3ccccc3COc3ccccc32)CC1. The van der Waals surface area contributed by atoms with Gasteiger partial charge in [-0.3, -0.25) is 0 Å². The molecule has 5 rings (SSSR count). The van der Waals surface area contributed by atoms with E-state index in [1.165, 1.54) is 16.7 Å². The normalized spacial score (nSPS) is 19.0. The summed E-state index contributed by atoms with van der Waals surface area (Å²) in [7, 11) is 0. The van der Waals surface area contributed by atoms with Gasteiger partial charge in [-0.05, 0) is 59.7 Å². The minimum atomic E-state index is -0.754. The number of benzene rings is 3. The molecule has 2 aliphatic rings. The Hall–Kier alpha value is -2.59. The van der Waals surface area contributed by atoms with Crippen LogP contribution in [0.2, 0.25) is 5.02 Å². The second kappa shape index (κ2) is 9.11. The maximum atomic E-state index is 11.1. The van der Waals surface area contributed by atoms with E-state index in [0.717, 1.165) is 55.8 Å². The number of hydrogen-bond acceptors (Lipinski definition) is 3. The minimum Gasteiger partial charge on any atom is -0.488 e. The molecule has 1 N–H and O–H groups in total. The minimum absolute atomic E-state index is 0.597. The number of ether oxygens (including phenoxy) is 1. The van der Waals surface area contributed by atoms with Crippen molar-refractivity contribution in [3.8, 4) is 5.75 Å². The van der Waals surface area contributed by atoms with Crippen LogP contribution in [0.4, 0.5) is 0 Å². The van der Waals surface area contributed by atoms with Crippen LogP contribution in [0.3, 0.4) is 0 Å². The van der Waals surface area contributed by atoms with Crippen LogP contribution in [0.1, 0.15) is 41.5 Å². The Bertz CT molecular complexity index is 1060. The second-order valence-corrected chi connectivity index (χ2v) is 9.17. The maximum absolute atomic E-state index is 11.1. The van der Waals surface area contributed by atoms with Crippen LogP contribution >= 0.6 is 11.6 Å². The lowest BCUT2D eigenvalue weighted by atomic mass is 9.84. The predicted octanol–water partition coefficient (Wildman–Crippen LogP) is 6.04. The van der Waals surface area contributed by atoms with Crippen molar-refractivity contribution >= 4 is 17.2 Å². The molecule has 0 aromatic heterocycles. The summed E-state index contributed by atoms with van der Waals surface area (Å²) in [6.07, 6.45) is 4.79. The Balaban J connectivity index is 1.28. The molecule has 0 bridgehead atoms. The molecule has 3 nitrogen and oxygen atoms in total. The van der Waals surface area contributed by atoms with E-state index in [-0.39, 0.29) is 0 Å². The van der Waals surface area contributed by atoms with Gasteiger partial charge in [-0.1, -0.05) is 72.3 Å². The van der Waals surface area contributed by atoms with E-state index < -0.39 is 5.60 Å². The number of rotatable bonds is 4.